The van der Waals surface area contributed by atoms with Gasteiger partial charge in [0, 0.05) is 26.6 Å². The molecule has 7 nitrogen and oxygen atoms in total. The van der Waals surface area contributed by atoms with Crippen molar-refractivity contribution in [1.29, 1.82) is 0 Å². The highest BCUT2D eigenvalue weighted by Gasteiger charge is 2.12. The minimum Gasteiger partial charge on any atom is -0.489 e. The Hall–Kier alpha value is -2.29. The van der Waals surface area contributed by atoms with Gasteiger partial charge in [0.1, 0.15) is 23.5 Å². The smallest absolute Gasteiger partial charge is 0.191 e. The maximum Gasteiger partial charge on any atom is 0.191 e. The van der Waals surface area contributed by atoms with Crippen molar-refractivity contribution in [3.8, 4) is 5.75 Å². The highest BCUT2D eigenvalue weighted by atomic mass is 32.2. The Morgan fingerprint density at radius 2 is 1.93 bits per heavy atom. The van der Waals surface area contributed by atoms with Crippen molar-refractivity contribution in [2.75, 3.05) is 26.4 Å². The van der Waals surface area contributed by atoms with Crippen LogP contribution in [-0.2, 0) is 13.0 Å². The molecule has 0 radical (unpaired) electrons. The van der Waals surface area contributed by atoms with E-state index in [9.17, 15) is 4.39 Å². The molecule has 0 bridgehead atoms. The second-order valence-corrected chi connectivity index (χ2v) is 8.25. The molecule has 0 fully saturated rings. The Kier molecular flexibility index (Phi) is 9.93. The lowest BCUT2D eigenvalue weighted by Crippen LogP contribution is -2.42. The third kappa shape index (κ3) is 7.85. The number of hydrogen-bond donors (Lipinski definition) is 2. The van der Waals surface area contributed by atoms with Gasteiger partial charge in [-0.2, -0.15) is 0 Å². The number of hydrogen-bond acceptors (Lipinski definition) is 5. The fraction of sp³-hybridized carbons (Fsp3) is 0.571. The van der Waals surface area contributed by atoms with Gasteiger partial charge in [-0.15, -0.1) is 10.2 Å². The van der Waals surface area contributed by atoms with Crippen LogP contribution in [0.5, 0.6) is 5.75 Å². The van der Waals surface area contributed by atoms with Crippen LogP contribution in [0.25, 0.3) is 0 Å². The summed E-state index contributed by atoms with van der Waals surface area (Å²) >= 11 is 1.63. The molecule has 0 saturated heterocycles. The fourth-order valence-corrected chi connectivity index (χ4v) is 3.43. The molecule has 1 heterocycles. The number of aromatic nitrogens is 3. The molecule has 0 amide bonds. The molecular formula is C21H33FN6OS. The lowest BCUT2D eigenvalue weighted by Gasteiger charge is -2.18. The van der Waals surface area contributed by atoms with E-state index < -0.39 is 0 Å². The first-order chi connectivity index (χ1) is 14.4. The number of aliphatic imine (C=N–C) groups is 1. The first-order valence-corrected chi connectivity index (χ1v) is 11.5. The number of aryl methyl sites for hydroxylation is 1. The second-order valence-electron chi connectivity index (χ2n) is 7.47. The molecule has 1 aromatic heterocycles. The third-order valence-electron chi connectivity index (χ3n) is 4.32. The summed E-state index contributed by atoms with van der Waals surface area (Å²) in [5.74, 6) is 2.66. The SMILES string of the molecule is CN=C(NCCCc1nnc(SC)n1CC(C)C)NCC(C)Oc1ccc(F)cc1. The predicted molar refractivity (Wildman–Crippen MR) is 121 cm³/mol. The van der Waals surface area contributed by atoms with E-state index in [-0.39, 0.29) is 11.9 Å². The number of halogens is 1. The van der Waals surface area contributed by atoms with E-state index in [0.717, 1.165) is 42.9 Å². The van der Waals surface area contributed by atoms with Crippen LogP contribution in [0.2, 0.25) is 0 Å². The Balaban J connectivity index is 1.73. The Morgan fingerprint density at radius 1 is 1.20 bits per heavy atom. The van der Waals surface area contributed by atoms with Crippen LogP contribution in [0.15, 0.2) is 34.4 Å². The van der Waals surface area contributed by atoms with Crippen LogP contribution in [0.4, 0.5) is 4.39 Å². The van der Waals surface area contributed by atoms with Gasteiger partial charge in [0.2, 0.25) is 0 Å². The standard InChI is InChI=1S/C21H33FN6OS/c1-15(2)14-28-19(26-27-21(28)30-5)7-6-12-24-20(23-4)25-13-16(3)29-18-10-8-17(22)9-11-18/h8-11,15-16H,6-7,12-14H2,1-5H3,(H2,23,24,25). The summed E-state index contributed by atoms with van der Waals surface area (Å²) < 4.78 is 21.0. The van der Waals surface area contributed by atoms with Gasteiger partial charge in [-0.05, 0) is 49.8 Å². The van der Waals surface area contributed by atoms with Gasteiger partial charge in [-0.25, -0.2) is 4.39 Å². The van der Waals surface area contributed by atoms with Gasteiger partial charge in [0.15, 0.2) is 11.1 Å². The largest absolute Gasteiger partial charge is 0.489 e. The molecule has 2 rings (SSSR count). The van der Waals surface area contributed by atoms with Crippen molar-refractivity contribution in [2.24, 2.45) is 10.9 Å². The summed E-state index contributed by atoms with van der Waals surface area (Å²) in [6.07, 6.45) is 3.72. The first-order valence-electron chi connectivity index (χ1n) is 10.3. The van der Waals surface area contributed by atoms with Crippen LogP contribution < -0.4 is 15.4 Å². The Bertz CT molecular complexity index is 793. The van der Waals surface area contributed by atoms with Crippen LogP contribution in [0, 0.1) is 11.7 Å². The second kappa shape index (κ2) is 12.4. The fourth-order valence-electron chi connectivity index (χ4n) is 2.90. The topological polar surface area (TPSA) is 76.4 Å². The maximum atomic E-state index is 13.0. The van der Waals surface area contributed by atoms with Gasteiger partial charge in [0.05, 0.1) is 6.54 Å². The van der Waals surface area contributed by atoms with Crippen molar-refractivity contribution in [1.82, 2.24) is 25.4 Å². The Morgan fingerprint density at radius 3 is 2.57 bits per heavy atom. The zero-order valence-corrected chi connectivity index (χ0v) is 19.3. The van der Waals surface area contributed by atoms with Crippen LogP contribution in [0.3, 0.4) is 0 Å². The molecular weight excluding hydrogens is 403 g/mol. The number of benzene rings is 1. The molecule has 0 aliphatic heterocycles. The van der Waals surface area contributed by atoms with Crippen molar-refractivity contribution in [3.05, 3.63) is 35.9 Å². The zero-order chi connectivity index (χ0) is 21.9. The minimum absolute atomic E-state index is 0.0893. The number of thioether (sulfide) groups is 1. The van der Waals surface area contributed by atoms with E-state index in [2.05, 4.69) is 44.2 Å². The summed E-state index contributed by atoms with van der Waals surface area (Å²) in [4.78, 5) is 4.25. The van der Waals surface area contributed by atoms with Crippen molar-refractivity contribution >= 4 is 17.7 Å². The van der Waals surface area contributed by atoms with Crippen LogP contribution in [0.1, 0.15) is 33.0 Å². The van der Waals surface area contributed by atoms with Gasteiger partial charge >= 0.3 is 0 Å². The van der Waals surface area contributed by atoms with E-state index >= 15 is 0 Å². The van der Waals surface area contributed by atoms with Gasteiger partial charge < -0.3 is 19.9 Å². The van der Waals surface area contributed by atoms with E-state index in [4.69, 9.17) is 4.74 Å². The molecule has 0 spiro atoms. The zero-order valence-electron chi connectivity index (χ0n) is 18.5. The molecule has 30 heavy (non-hydrogen) atoms. The van der Waals surface area contributed by atoms with E-state index in [0.29, 0.717) is 18.2 Å². The summed E-state index contributed by atoms with van der Waals surface area (Å²) in [6.45, 7) is 8.64. The van der Waals surface area contributed by atoms with Crippen LogP contribution >= 0.6 is 11.8 Å². The minimum atomic E-state index is -0.273. The molecule has 1 aromatic carbocycles. The monoisotopic (exact) mass is 436 g/mol. The number of guanidine groups is 1. The molecule has 2 N–H and O–H groups in total. The highest BCUT2D eigenvalue weighted by molar-refractivity contribution is 7.98. The molecule has 1 unspecified atom stereocenters. The maximum absolute atomic E-state index is 13.0. The highest BCUT2D eigenvalue weighted by Crippen LogP contribution is 2.16. The lowest BCUT2D eigenvalue weighted by atomic mass is 10.2. The van der Waals surface area contributed by atoms with Gasteiger partial charge in [-0.3, -0.25) is 4.99 Å². The van der Waals surface area contributed by atoms with Gasteiger partial charge in [-0.1, -0.05) is 25.6 Å². The summed E-state index contributed by atoms with van der Waals surface area (Å²) in [7, 11) is 1.74. The number of rotatable bonds is 11. The molecule has 166 valence electrons. The number of nitrogens with zero attached hydrogens (tertiary/aromatic N) is 4. The quantitative estimate of drug-likeness (QED) is 0.243. The summed E-state index contributed by atoms with van der Waals surface area (Å²) in [5, 5.41) is 16.2. The molecule has 0 aliphatic rings. The van der Waals surface area contributed by atoms with Crippen molar-refractivity contribution in [2.45, 2.75) is 51.4 Å². The van der Waals surface area contributed by atoms with Gasteiger partial charge in [0.25, 0.3) is 0 Å². The van der Waals surface area contributed by atoms with E-state index in [1.165, 1.54) is 12.1 Å². The number of ether oxygens (including phenoxy) is 1. The van der Waals surface area contributed by atoms with Crippen molar-refractivity contribution < 1.29 is 9.13 Å². The van der Waals surface area contributed by atoms with Crippen molar-refractivity contribution in [3.63, 3.8) is 0 Å². The third-order valence-corrected chi connectivity index (χ3v) is 4.99. The molecule has 1 atom stereocenters. The van der Waals surface area contributed by atoms with E-state index in [1.807, 2.05) is 13.2 Å². The average Bonchev–Trinajstić information content (AvgIpc) is 3.10. The summed E-state index contributed by atoms with van der Waals surface area (Å²) in [5.41, 5.74) is 0. The first kappa shape index (κ1) is 24.0. The molecule has 0 aliphatic carbocycles. The molecule has 0 saturated carbocycles. The van der Waals surface area contributed by atoms with E-state index in [1.54, 1.807) is 30.9 Å². The Labute approximate surface area is 182 Å². The number of nitrogens with one attached hydrogen (secondary N) is 2. The molecule has 9 heteroatoms. The predicted octanol–water partition coefficient (Wildman–Crippen LogP) is 3.36. The van der Waals surface area contributed by atoms with Crippen LogP contribution in [-0.4, -0.2) is 53.2 Å². The normalized spacial score (nSPS) is 12.8. The lowest BCUT2D eigenvalue weighted by molar-refractivity contribution is 0.223. The summed E-state index contributed by atoms with van der Waals surface area (Å²) in [6, 6.07) is 6.03. The average molecular weight is 437 g/mol. The molecule has 2 aromatic rings.